The van der Waals surface area contributed by atoms with Crippen LogP contribution in [0.5, 0.6) is 0 Å². The number of carbonyl (C=O) groups is 2. The van der Waals surface area contributed by atoms with Crippen molar-refractivity contribution in [2.45, 2.75) is 31.3 Å². The van der Waals surface area contributed by atoms with Gasteiger partial charge in [0.15, 0.2) is 0 Å². The highest BCUT2D eigenvalue weighted by atomic mass is 16.4. The van der Waals surface area contributed by atoms with Crippen molar-refractivity contribution in [3.63, 3.8) is 0 Å². The molecule has 14 heavy (non-hydrogen) atoms. The Morgan fingerprint density at radius 1 is 1.50 bits per heavy atom. The zero-order chi connectivity index (χ0) is 10.6. The first kappa shape index (κ1) is 10.8. The van der Waals surface area contributed by atoms with Gasteiger partial charge in [-0.2, -0.15) is 0 Å². The Bertz CT molecular complexity index is 228. The lowest BCUT2D eigenvalue weighted by molar-refractivity contribution is -0.138. The van der Waals surface area contributed by atoms with Crippen LogP contribution in [0.3, 0.4) is 0 Å². The Labute approximate surface area is 81.8 Å². The van der Waals surface area contributed by atoms with Crippen LogP contribution >= 0.6 is 0 Å². The van der Waals surface area contributed by atoms with Gasteiger partial charge < -0.3 is 21.5 Å². The molecule has 0 bridgehead atoms. The van der Waals surface area contributed by atoms with Gasteiger partial charge in [0.25, 0.3) is 0 Å². The van der Waals surface area contributed by atoms with Crippen molar-refractivity contribution < 1.29 is 14.7 Å². The number of aliphatic carboxylic acids is 1. The summed E-state index contributed by atoms with van der Waals surface area (Å²) in [7, 11) is 0. The van der Waals surface area contributed by atoms with Crippen molar-refractivity contribution in [2.75, 3.05) is 6.54 Å². The van der Waals surface area contributed by atoms with E-state index in [1.165, 1.54) is 0 Å². The molecule has 1 aliphatic rings. The van der Waals surface area contributed by atoms with Crippen LogP contribution in [0.25, 0.3) is 0 Å². The standard InChI is InChI=1S/C8H15N3O3/c9-6(7(12)13)3-4-10-8(14)11-5-1-2-5/h5-6H,1-4,9H2,(H,12,13)(H2,10,11,14). The Kier molecular flexibility index (Phi) is 3.70. The van der Waals surface area contributed by atoms with Gasteiger partial charge in [0.1, 0.15) is 6.04 Å². The van der Waals surface area contributed by atoms with Gasteiger partial charge >= 0.3 is 12.0 Å². The first-order chi connectivity index (χ1) is 6.59. The molecule has 1 atom stereocenters. The lowest BCUT2D eigenvalue weighted by Gasteiger charge is -2.08. The van der Waals surface area contributed by atoms with Gasteiger partial charge in [0, 0.05) is 12.6 Å². The Morgan fingerprint density at radius 2 is 2.14 bits per heavy atom. The highest BCUT2D eigenvalue weighted by Crippen LogP contribution is 2.18. The summed E-state index contributed by atoms with van der Waals surface area (Å²) in [5, 5.41) is 13.7. The van der Waals surface area contributed by atoms with Gasteiger partial charge in [-0.15, -0.1) is 0 Å². The van der Waals surface area contributed by atoms with Crippen LogP contribution in [0.4, 0.5) is 4.79 Å². The van der Waals surface area contributed by atoms with Crippen LogP contribution in [-0.4, -0.2) is 35.7 Å². The number of hydrogen-bond donors (Lipinski definition) is 4. The number of hydrogen-bond acceptors (Lipinski definition) is 3. The number of rotatable bonds is 5. The average Bonchev–Trinajstić information content (AvgIpc) is 2.87. The zero-order valence-corrected chi connectivity index (χ0v) is 7.82. The minimum absolute atomic E-state index is 0.243. The maximum atomic E-state index is 11.0. The number of nitrogens with two attached hydrogens (primary N) is 1. The molecular formula is C8H15N3O3. The van der Waals surface area contributed by atoms with Crippen molar-refractivity contribution in [2.24, 2.45) is 5.73 Å². The second kappa shape index (κ2) is 4.80. The fourth-order valence-corrected chi connectivity index (χ4v) is 0.929. The molecule has 0 heterocycles. The second-order valence-electron chi connectivity index (χ2n) is 3.41. The van der Waals surface area contributed by atoms with Gasteiger partial charge in [0.05, 0.1) is 0 Å². The van der Waals surface area contributed by atoms with E-state index in [0.717, 1.165) is 12.8 Å². The number of carboxylic acids is 1. The number of amides is 2. The molecule has 0 spiro atoms. The molecule has 1 aliphatic carbocycles. The van der Waals surface area contributed by atoms with Crippen LogP contribution in [0.1, 0.15) is 19.3 Å². The van der Waals surface area contributed by atoms with Crippen LogP contribution in [0.2, 0.25) is 0 Å². The number of urea groups is 1. The SMILES string of the molecule is NC(CCNC(=O)NC1CC1)C(=O)O. The van der Waals surface area contributed by atoms with Crippen molar-refractivity contribution in [3.05, 3.63) is 0 Å². The van der Waals surface area contributed by atoms with Crippen molar-refractivity contribution >= 4 is 12.0 Å². The van der Waals surface area contributed by atoms with E-state index < -0.39 is 12.0 Å². The smallest absolute Gasteiger partial charge is 0.320 e. The molecule has 6 heteroatoms. The highest BCUT2D eigenvalue weighted by Gasteiger charge is 2.23. The van der Waals surface area contributed by atoms with Crippen molar-refractivity contribution in [1.29, 1.82) is 0 Å². The van der Waals surface area contributed by atoms with E-state index in [9.17, 15) is 9.59 Å². The predicted molar refractivity (Wildman–Crippen MR) is 49.8 cm³/mol. The average molecular weight is 201 g/mol. The molecule has 0 radical (unpaired) electrons. The molecule has 0 aromatic heterocycles. The summed E-state index contributed by atoms with van der Waals surface area (Å²) in [5.41, 5.74) is 5.25. The van der Waals surface area contributed by atoms with Crippen LogP contribution in [-0.2, 0) is 4.79 Å². The maximum Gasteiger partial charge on any atom is 0.320 e. The van der Waals surface area contributed by atoms with Crippen LogP contribution < -0.4 is 16.4 Å². The number of nitrogens with one attached hydrogen (secondary N) is 2. The number of carboxylic acid groups (broad SMARTS) is 1. The lowest BCUT2D eigenvalue weighted by Crippen LogP contribution is -2.40. The van der Waals surface area contributed by atoms with Gasteiger partial charge in [-0.1, -0.05) is 0 Å². The fourth-order valence-electron chi connectivity index (χ4n) is 0.929. The molecule has 2 amide bonds. The third-order valence-corrected chi connectivity index (χ3v) is 1.97. The molecule has 1 saturated carbocycles. The van der Waals surface area contributed by atoms with Gasteiger partial charge in [-0.3, -0.25) is 4.79 Å². The Morgan fingerprint density at radius 3 is 2.64 bits per heavy atom. The first-order valence-electron chi connectivity index (χ1n) is 4.62. The molecule has 0 saturated heterocycles. The third-order valence-electron chi connectivity index (χ3n) is 1.97. The summed E-state index contributed by atoms with van der Waals surface area (Å²) in [6, 6.07) is -0.843. The van der Waals surface area contributed by atoms with Gasteiger partial charge in [0.2, 0.25) is 0 Å². The van der Waals surface area contributed by atoms with Crippen molar-refractivity contribution in [3.8, 4) is 0 Å². The lowest BCUT2D eigenvalue weighted by atomic mass is 10.2. The second-order valence-corrected chi connectivity index (χ2v) is 3.41. The van der Waals surface area contributed by atoms with E-state index in [2.05, 4.69) is 10.6 Å². The minimum atomic E-state index is -1.05. The highest BCUT2D eigenvalue weighted by molar-refractivity contribution is 5.75. The Hall–Kier alpha value is -1.30. The van der Waals surface area contributed by atoms with E-state index in [1.807, 2.05) is 0 Å². The predicted octanol–water partition coefficient (Wildman–Crippen LogP) is -0.750. The summed E-state index contributed by atoms with van der Waals surface area (Å²) in [6.45, 7) is 0.284. The van der Waals surface area contributed by atoms with Crippen LogP contribution in [0.15, 0.2) is 0 Å². The summed E-state index contributed by atoms with van der Waals surface area (Å²) < 4.78 is 0. The van der Waals surface area contributed by atoms with Crippen molar-refractivity contribution in [1.82, 2.24) is 10.6 Å². The third kappa shape index (κ3) is 4.08. The molecule has 5 N–H and O–H groups in total. The minimum Gasteiger partial charge on any atom is -0.480 e. The monoisotopic (exact) mass is 201 g/mol. The van der Waals surface area contributed by atoms with E-state index in [0.29, 0.717) is 6.04 Å². The quantitative estimate of drug-likeness (QED) is 0.469. The first-order valence-corrected chi connectivity index (χ1v) is 4.62. The zero-order valence-electron chi connectivity index (χ0n) is 7.82. The van der Waals surface area contributed by atoms with E-state index >= 15 is 0 Å². The molecule has 1 unspecified atom stereocenters. The summed E-state index contributed by atoms with van der Waals surface area (Å²) in [4.78, 5) is 21.3. The van der Waals surface area contributed by atoms with E-state index in [4.69, 9.17) is 10.8 Å². The fraction of sp³-hybridized carbons (Fsp3) is 0.750. The van der Waals surface area contributed by atoms with Gasteiger partial charge in [-0.25, -0.2) is 4.79 Å². The molecular weight excluding hydrogens is 186 g/mol. The molecule has 80 valence electrons. The summed E-state index contributed by atoms with van der Waals surface area (Å²) in [5.74, 6) is -1.05. The molecule has 1 rings (SSSR count). The topological polar surface area (TPSA) is 104 Å². The molecule has 1 fully saturated rings. The molecule has 0 aromatic carbocycles. The summed E-state index contributed by atoms with van der Waals surface area (Å²) in [6.07, 6.45) is 2.30. The molecule has 0 aromatic rings. The normalized spacial score (nSPS) is 17.2. The van der Waals surface area contributed by atoms with Crippen LogP contribution in [0, 0.1) is 0 Å². The van der Waals surface area contributed by atoms with Gasteiger partial charge in [-0.05, 0) is 19.3 Å². The summed E-state index contributed by atoms with van der Waals surface area (Å²) >= 11 is 0. The largest absolute Gasteiger partial charge is 0.480 e. The van der Waals surface area contributed by atoms with E-state index in [-0.39, 0.29) is 19.0 Å². The number of carbonyl (C=O) groups excluding carboxylic acids is 1. The molecule has 0 aliphatic heterocycles. The van der Waals surface area contributed by atoms with E-state index in [1.54, 1.807) is 0 Å². The maximum absolute atomic E-state index is 11.0. The Balaban J connectivity index is 2.01. The molecule has 6 nitrogen and oxygen atoms in total.